The fourth-order valence-electron chi connectivity index (χ4n) is 2.67. The van der Waals surface area contributed by atoms with Crippen LogP contribution in [0.1, 0.15) is 60.8 Å². The molecule has 0 aromatic heterocycles. The van der Waals surface area contributed by atoms with Crippen LogP contribution in [0.25, 0.3) is 0 Å². The van der Waals surface area contributed by atoms with E-state index in [2.05, 4.69) is 71.9 Å². The highest BCUT2D eigenvalue weighted by atomic mass is 32.2. The first-order valence-corrected chi connectivity index (χ1v) is 9.66. The fourth-order valence-corrected chi connectivity index (χ4v) is 3.60. The summed E-state index contributed by atoms with van der Waals surface area (Å²) in [4.78, 5) is 1.36. The van der Waals surface area contributed by atoms with E-state index in [1.807, 2.05) is 11.8 Å². The van der Waals surface area contributed by atoms with E-state index in [4.69, 9.17) is 9.31 Å². The lowest BCUT2D eigenvalue weighted by Gasteiger charge is -2.32. The molecule has 1 aliphatic heterocycles. The summed E-state index contributed by atoms with van der Waals surface area (Å²) in [5.41, 5.74) is -0.476. The second-order valence-electron chi connectivity index (χ2n) is 8.20. The minimum Gasteiger partial charge on any atom is -0.403 e. The lowest BCUT2D eigenvalue weighted by Crippen LogP contribution is -2.41. The van der Waals surface area contributed by atoms with Gasteiger partial charge >= 0.3 is 7.12 Å². The summed E-state index contributed by atoms with van der Waals surface area (Å²) < 4.78 is 12.5. The van der Waals surface area contributed by atoms with Gasteiger partial charge in [0.1, 0.15) is 0 Å². The van der Waals surface area contributed by atoms with Crippen LogP contribution < -0.4 is 0 Å². The van der Waals surface area contributed by atoms with Gasteiger partial charge in [0.15, 0.2) is 0 Å². The standard InChI is InChI=1S/C19H31BO2S/c1-17(2,20-21-18(3,4)19(5,6)22-20)14-10-11-15-23-16-12-8-7-9-13-16/h7-9,12-13H,10-11,14-15H2,1-6H3. The maximum Gasteiger partial charge on any atom is 0.463 e. The molecule has 1 saturated heterocycles. The summed E-state index contributed by atoms with van der Waals surface area (Å²) in [6.07, 6.45) is 3.55. The average molecular weight is 334 g/mol. The Morgan fingerprint density at radius 2 is 1.52 bits per heavy atom. The molecule has 0 saturated carbocycles. The summed E-state index contributed by atoms with van der Waals surface area (Å²) in [6, 6.07) is 10.6. The average Bonchev–Trinajstić information content (AvgIpc) is 2.69. The number of unbranched alkanes of at least 4 members (excludes halogenated alkanes) is 1. The monoisotopic (exact) mass is 334 g/mol. The second-order valence-corrected chi connectivity index (χ2v) is 9.36. The van der Waals surface area contributed by atoms with Crippen molar-refractivity contribution >= 4 is 18.9 Å². The molecule has 0 atom stereocenters. The second kappa shape index (κ2) is 7.20. The van der Waals surface area contributed by atoms with Gasteiger partial charge in [-0.25, -0.2) is 0 Å². The summed E-state index contributed by atoms with van der Waals surface area (Å²) in [6.45, 7) is 13.0. The van der Waals surface area contributed by atoms with Gasteiger partial charge in [0.2, 0.25) is 0 Å². The van der Waals surface area contributed by atoms with Crippen molar-refractivity contribution in [1.29, 1.82) is 0 Å². The van der Waals surface area contributed by atoms with Crippen molar-refractivity contribution in [3.63, 3.8) is 0 Å². The maximum atomic E-state index is 6.23. The maximum absolute atomic E-state index is 6.23. The van der Waals surface area contributed by atoms with Crippen LogP contribution in [0.5, 0.6) is 0 Å². The molecule has 0 amide bonds. The zero-order chi connectivity index (χ0) is 17.1. The number of rotatable bonds is 7. The SMILES string of the molecule is CC(C)(CCCCSc1ccccc1)B1OC(C)(C)C(C)(C)O1. The normalized spacial score (nSPS) is 20.0. The first-order valence-electron chi connectivity index (χ1n) is 8.68. The molecule has 0 bridgehead atoms. The highest BCUT2D eigenvalue weighted by molar-refractivity contribution is 7.99. The largest absolute Gasteiger partial charge is 0.463 e. The smallest absolute Gasteiger partial charge is 0.403 e. The molecular weight excluding hydrogens is 303 g/mol. The highest BCUT2D eigenvalue weighted by Gasteiger charge is 2.56. The Labute approximate surface area is 146 Å². The van der Waals surface area contributed by atoms with E-state index in [0.717, 1.165) is 6.42 Å². The Balaban J connectivity index is 1.74. The van der Waals surface area contributed by atoms with Gasteiger partial charge in [-0.15, -0.1) is 11.8 Å². The molecule has 1 aromatic rings. The summed E-state index contributed by atoms with van der Waals surface area (Å²) in [5.74, 6) is 1.17. The lowest BCUT2D eigenvalue weighted by molar-refractivity contribution is 0.00578. The predicted octanol–water partition coefficient (Wildman–Crippen LogP) is 5.82. The van der Waals surface area contributed by atoms with E-state index in [1.54, 1.807) is 0 Å². The number of benzene rings is 1. The molecule has 0 N–H and O–H groups in total. The van der Waals surface area contributed by atoms with Gasteiger partial charge < -0.3 is 9.31 Å². The molecule has 1 fully saturated rings. The van der Waals surface area contributed by atoms with Crippen LogP contribution in [0.2, 0.25) is 5.31 Å². The van der Waals surface area contributed by atoms with Crippen LogP contribution in [-0.4, -0.2) is 24.1 Å². The Kier molecular flexibility index (Phi) is 5.92. The molecule has 2 rings (SSSR count). The van der Waals surface area contributed by atoms with Gasteiger partial charge in [-0.1, -0.05) is 38.5 Å². The van der Waals surface area contributed by atoms with Crippen LogP contribution in [0.3, 0.4) is 0 Å². The number of hydrogen-bond donors (Lipinski definition) is 0. The van der Waals surface area contributed by atoms with Crippen LogP contribution in [0, 0.1) is 0 Å². The van der Waals surface area contributed by atoms with Crippen molar-refractivity contribution in [3.8, 4) is 0 Å². The van der Waals surface area contributed by atoms with E-state index in [1.165, 1.54) is 23.5 Å². The van der Waals surface area contributed by atoms with Crippen molar-refractivity contribution in [2.45, 2.75) is 82.2 Å². The van der Waals surface area contributed by atoms with Crippen LogP contribution >= 0.6 is 11.8 Å². The van der Waals surface area contributed by atoms with Crippen molar-refractivity contribution < 1.29 is 9.31 Å². The minimum absolute atomic E-state index is 0.0441. The Hall–Kier alpha value is -0.445. The quantitative estimate of drug-likeness (QED) is 0.355. The van der Waals surface area contributed by atoms with Gasteiger partial charge in [-0.3, -0.25) is 0 Å². The fraction of sp³-hybridized carbons (Fsp3) is 0.684. The van der Waals surface area contributed by atoms with Crippen molar-refractivity contribution in [3.05, 3.63) is 30.3 Å². The number of thioether (sulfide) groups is 1. The van der Waals surface area contributed by atoms with Crippen molar-refractivity contribution in [1.82, 2.24) is 0 Å². The number of hydrogen-bond acceptors (Lipinski definition) is 3. The van der Waals surface area contributed by atoms with Gasteiger partial charge in [-0.2, -0.15) is 0 Å². The van der Waals surface area contributed by atoms with Crippen LogP contribution in [-0.2, 0) is 9.31 Å². The van der Waals surface area contributed by atoms with Crippen molar-refractivity contribution in [2.75, 3.05) is 5.75 Å². The van der Waals surface area contributed by atoms with E-state index in [-0.39, 0.29) is 23.6 Å². The van der Waals surface area contributed by atoms with E-state index >= 15 is 0 Å². The molecule has 1 aromatic carbocycles. The molecule has 2 nitrogen and oxygen atoms in total. The third kappa shape index (κ3) is 4.77. The summed E-state index contributed by atoms with van der Waals surface area (Å²) in [7, 11) is -0.116. The Morgan fingerprint density at radius 3 is 2.09 bits per heavy atom. The molecule has 4 heteroatoms. The first kappa shape index (κ1) is 18.9. The molecule has 0 aliphatic carbocycles. The van der Waals surface area contributed by atoms with E-state index in [0.29, 0.717) is 0 Å². The lowest BCUT2D eigenvalue weighted by atomic mass is 9.57. The molecule has 0 spiro atoms. The van der Waals surface area contributed by atoms with Gasteiger partial charge in [0.25, 0.3) is 0 Å². The first-order chi connectivity index (χ1) is 10.6. The van der Waals surface area contributed by atoms with E-state index in [9.17, 15) is 0 Å². The topological polar surface area (TPSA) is 18.5 Å². The molecule has 0 radical (unpaired) electrons. The van der Waals surface area contributed by atoms with Gasteiger partial charge in [0.05, 0.1) is 11.2 Å². The molecule has 128 valence electrons. The summed E-state index contributed by atoms with van der Waals surface area (Å²) in [5, 5.41) is 0.0441. The Morgan fingerprint density at radius 1 is 0.957 bits per heavy atom. The zero-order valence-corrected chi connectivity index (χ0v) is 16.3. The third-order valence-corrected chi connectivity index (χ3v) is 6.22. The van der Waals surface area contributed by atoms with Crippen molar-refractivity contribution in [2.24, 2.45) is 0 Å². The molecular formula is C19H31BO2S. The van der Waals surface area contributed by atoms with Crippen LogP contribution in [0.4, 0.5) is 0 Å². The molecule has 23 heavy (non-hydrogen) atoms. The molecule has 1 aliphatic rings. The molecule has 1 heterocycles. The zero-order valence-electron chi connectivity index (χ0n) is 15.5. The minimum atomic E-state index is -0.238. The van der Waals surface area contributed by atoms with E-state index < -0.39 is 0 Å². The highest BCUT2D eigenvalue weighted by Crippen LogP contribution is 2.47. The molecule has 0 unspecified atom stereocenters. The Bertz CT molecular complexity index is 483. The third-order valence-electron chi connectivity index (χ3n) is 5.12. The van der Waals surface area contributed by atoms with Crippen LogP contribution in [0.15, 0.2) is 35.2 Å². The van der Waals surface area contributed by atoms with Gasteiger partial charge in [-0.05, 0) is 63.7 Å². The van der Waals surface area contributed by atoms with Gasteiger partial charge in [0, 0.05) is 4.90 Å². The summed E-state index contributed by atoms with van der Waals surface area (Å²) >= 11 is 1.94. The predicted molar refractivity (Wildman–Crippen MR) is 101 cm³/mol.